The molecule has 0 radical (unpaired) electrons. The van der Waals surface area contributed by atoms with Crippen molar-refractivity contribution in [2.45, 2.75) is 18.9 Å². The standard InChI is InChI=1S/C18H16O4/c19-16(20)18(11-13-7-3-1-4-8-13)12-15(22-17(18)21)14-9-5-2-6-10-14/h1-10,15H,11-12H2,(H,19,20)/t15-,18-/m1/s1. The largest absolute Gasteiger partial charge is 0.480 e. The van der Waals surface area contributed by atoms with Crippen molar-refractivity contribution in [3.63, 3.8) is 0 Å². The zero-order chi connectivity index (χ0) is 15.6. The van der Waals surface area contributed by atoms with Gasteiger partial charge >= 0.3 is 11.9 Å². The molecule has 1 aliphatic rings. The van der Waals surface area contributed by atoms with E-state index in [1.54, 1.807) is 0 Å². The molecule has 22 heavy (non-hydrogen) atoms. The quantitative estimate of drug-likeness (QED) is 0.696. The second kappa shape index (κ2) is 5.64. The summed E-state index contributed by atoms with van der Waals surface area (Å²) >= 11 is 0. The highest BCUT2D eigenvalue weighted by Gasteiger charge is 2.55. The SMILES string of the molecule is O=C(O)[C@@]1(Cc2ccccc2)C[C@H](c2ccccc2)OC1=O. The predicted octanol–water partition coefficient (Wildman–Crippen LogP) is 2.99. The first-order valence-electron chi connectivity index (χ1n) is 7.15. The second-order valence-electron chi connectivity index (χ2n) is 5.56. The third kappa shape index (κ3) is 2.48. The van der Waals surface area contributed by atoms with Crippen LogP contribution in [0.2, 0.25) is 0 Å². The van der Waals surface area contributed by atoms with Crippen molar-refractivity contribution in [2.75, 3.05) is 0 Å². The van der Waals surface area contributed by atoms with Crippen molar-refractivity contribution in [2.24, 2.45) is 5.41 Å². The molecular weight excluding hydrogens is 280 g/mol. The minimum Gasteiger partial charge on any atom is -0.480 e. The van der Waals surface area contributed by atoms with Crippen molar-refractivity contribution < 1.29 is 19.4 Å². The number of carboxylic acids is 1. The highest BCUT2D eigenvalue weighted by molar-refractivity contribution is 6.01. The first-order chi connectivity index (χ1) is 10.6. The summed E-state index contributed by atoms with van der Waals surface area (Å²) in [5.41, 5.74) is 0.129. The van der Waals surface area contributed by atoms with Gasteiger partial charge in [-0.05, 0) is 17.5 Å². The van der Waals surface area contributed by atoms with Crippen molar-refractivity contribution >= 4 is 11.9 Å². The summed E-state index contributed by atoms with van der Waals surface area (Å²) in [6.07, 6.45) is -0.209. The molecule has 0 amide bonds. The summed E-state index contributed by atoms with van der Waals surface area (Å²) in [5.74, 6) is -1.78. The van der Waals surface area contributed by atoms with Gasteiger partial charge in [-0.3, -0.25) is 9.59 Å². The van der Waals surface area contributed by atoms with Crippen LogP contribution in [0.25, 0.3) is 0 Å². The van der Waals surface area contributed by atoms with Gasteiger partial charge in [-0.1, -0.05) is 60.7 Å². The molecule has 2 atom stereocenters. The number of carbonyl (C=O) groups is 2. The number of carboxylic acid groups (broad SMARTS) is 1. The summed E-state index contributed by atoms with van der Waals surface area (Å²) in [5, 5.41) is 9.66. The maximum absolute atomic E-state index is 12.3. The van der Waals surface area contributed by atoms with Gasteiger partial charge in [0.2, 0.25) is 0 Å². The number of aliphatic carboxylic acids is 1. The second-order valence-corrected chi connectivity index (χ2v) is 5.56. The number of hydrogen-bond donors (Lipinski definition) is 1. The zero-order valence-electron chi connectivity index (χ0n) is 11.9. The number of cyclic esters (lactones) is 1. The molecule has 3 rings (SSSR count). The Balaban J connectivity index is 1.91. The minimum atomic E-state index is -1.51. The Kier molecular flexibility index (Phi) is 3.67. The van der Waals surface area contributed by atoms with Crippen molar-refractivity contribution in [3.05, 3.63) is 71.8 Å². The fourth-order valence-corrected chi connectivity index (χ4v) is 2.88. The van der Waals surface area contributed by atoms with Gasteiger partial charge in [0.15, 0.2) is 5.41 Å². The molecule has 0 unspecified atom stereocenters. The number of carbonyl (C=O) groups excluding carboxylic acids is 1. The lowest BCUT2D eigenvalue weighted by molar-refractivity contribution is -0.161. The molecule has 1 aliphatic heterocycles. The van der Waals surface area contributed by atoms with E-state index in [1.807, 2.05) is 60.7 Å². The number of ether oxygens (including phenoxy) is 1. The first-order valence-corrected chi connectivity index (χ1v) is 7.15. The van der Waals surface area contributed by atoms with Crippen LogP contribution in [0.15, 0.2) is 60.7 Å². The lowest BCUT2D eigenvalue weighted by Gasteiger charge is -2.19. The molecule has 4 heteroatoms. The van der Waals surface area contributed by atoms with Crippen LogP contribution < -0.4 is 0 Å². The van der Waals surface area contributed by atoms with Crippen molar-refractivity contribution in [3.8, 4) is 0 Å². The third-order valence-corrected chi connectivity index (χ3v) is 4.10. The Morgan fingerprint density at radius 1 is 1.09 bits per heavy atom. The molecule has 1 fully saturated rings. The van der Waals surface area contributed by atoms with Crippen molar-refractivity contribution in [1.29, 1.82) is 0 Å². The van der Waals surface area contributed by atoms with Gasteiger partial charge in [0.1, 0.15) is 6.10 Å². The van der Waals surface area contributed by atoms with E-state index in [0.717, 1.165) is 11.1 Å². The average molecular weight is 296 g/mol. The molecular formula is C18H16O4. The lowest BCUT2D eigenvalue weighted by Crippen LogP contribution is -2.37. The van der Waals surface area contributed by atoms with E-state index in [-0.39, 0.29) is 12.8 Å². The highest BCUT2D eigenvalue weighted by atomic mass is 16.6. The molecule has 2 aromatic rings. The van der Waals surface area contributed by atoms with Crippen molar-refractivity contribution in [1.82, 2.24) is 0 Å². The molecule has 2 aromatic carbocycles. The predicted molar refractivity (Wildman–Crippen MR) is 80.1 cm³/mol. The fraction of sp³-hybridized carbons (Fsp3) is 0.222. The Morgan fingerprint density at radius 3 is 2.27 bits per heavy atom. The van der Waals surface area contributed by atoms with E-state index < -0.39 is 23.5 Å². The number of rotatable bonds is 4. The molecule has 0 bridgehead atoms. The van der Waals surface area contributed by atoms with Gasteiger partial charge < -0.3 is 9.84 Å². The molecule has 4 nitrogen and oxygen atoms in total. The lowest BCUT2D eigenvalue weighted by atomic mass is 9.78. The van der Waals surface area contributed by atoms with Crippen LogP contribution in [0.1, 0.15) is 23.7 Å². The van der Waals surface area contributed by atoms with Gasteiger partial charge in [0.25, 0.3) is 0 Å². The zero-order valence-corrected chi connectivity index (χ0v) is 11.9. The maximum Gasteiger partial charge on any atom is 0.324 e. The van der Waals surface area contributed by atoms with Gasteiger partial charge in [-0.25, -0.2) is 0 Å². The third-order valence-electron chi connectivity index (χ3n) is 4.10. The van der Waals surface area contributed by atoms with E-state index >= 15 is 0 Å². The van der Waals surface area contributed by atoms with Crippen LogP contribution in [0, 0.1) is 5.41 Å². The molecule has 1 heterocycles. The normalized spacial score (nSPS) is 24.0. The number of esters is 1. The van der Waals surface area contributed by atoms with Gasteiger partial charge in [0.05, 0.1) is 0 Å². The van der Waals surface area contributed by atoms with Crippen LogP contribution in [0.5, 0.6) is 0 Å². The van der Waals surface area contributed by atoms with E-state index in [9.17, 15) is 14.7 Å². The molecule has 0 spiro atoms. The molecule has 1 saturated heterocycles. The maximum atomic E-state index is 12.3. The molecule has 112 valence electrons. The topological polar surface area (TPSA) is 63.6 Å². The smallest absolute Gasteiger partial charge is 0.324 e. The van der Waals surface area contributed by atoms with E-state index in [0.29, 0.717) is 0 Å². The van der Waals surface area contributed by atoms with E-state index in [2.05, 4.69) is 0 Å². The minimum absolute atomic E-state index is 0.144. The first kappa shape index (κ1) is 14.3. The summed E-state index contributed by atoms with van der Waals surface area (Å²) in [6.45, 7) is 0. The van der Waals surface area contributed by atoms with Crippen LogP contribution in [-0.2, 0) is 20.7 Å². The Bertz CT molecular complexity index is 681. The Hall–Kier alpha value is -2.62. The van der Waals surface area contributed by atoms with Crippen LogP contribution in [-0.4, -0.2) is 17.0 Å². The Labute approximate surface area is 128 Å². The van der Waals surface area contributed by atoms with Gasteiger partial charge in [-0.2, -0.15) is 0 Å². The number of benzene rings is 2. The summed E-state index contributed by atoms with van der Waals surface area (Å²) < 4.78 is 5.38. The molecule has 1 N–H and O–H groups in total. The molecule has 0 aromatic heterocycles. The summed E-state index contributed by atoms with van der Waals surface area (Å²) in [4.78, 5) is 24.1. The summed E-state index contributed by atoms with van der Waals surface area (Å²) in [6, 6.07) is 18.4. The molecule has 0 saturated carbocycles. The van der Waals surface area contributed by atoms with Crippen LogP contribution in [0.3, 0.4) is 0 Å². The molecule has 0 aliphatic carbocycles. The summed E-state index contributed by atoms with van der Waals surface area (Å²) in [7, 11) is 0. The van der Waals surface area contributed by atoms with Gasteiger partial charge in [0, 0.05) is 6.42 Å². The highest BCUT2D eigenvalue weighted by Crippen LogP contribution is 2.44. The fourth-order valence-electron chi connectivity index (χ4n) is 2.88. The Morgan fingerprint density at radius 2 is 1.68 bits per heavy atom. The van der Waals surface area contributed by atoms with Gasteiger partial charge in [-0.15, -0.1) is 0 Å². The average Bonchev–Trinajstić information content (AvgIpc) is 2.87. The van der Waals surface area contributed by atoms with E-state index in [4.69, 9.17) is 4.74 Å². The van der Waals surface area contributed by atoms with Crippen LogP contribution in [0.4, 0.5) is 0 Å². The van der Waals surface area contributed by atoms with Crippen LogP contribution >= 0.6 is 0 Å². The monoisotopic (exact) mass is 296 g/mol. The number of hydrogen-bond acceptors (Lipinski definition) is 3. The van der Waals surface area contributed by atoms with E-state index in [1.165, 1.54) is 0 Å².